The zero-order valence-electron chi connectivity index (χ0n) is 12.5. The predicted molar refractivity (Wildman–Crippen MR) is 90.8 cm³/mol. The fraction of sp³-hybridized carbons (Fsp3) is 0.533. The van der Waals surface area contributed by atoms with Crippen molar-refractivity contribution in [3.05, 3.63) is 23.2 Å². The highest BCUT2D eigenvalue weighted by Gasteiger charge is 2.18. The van der Waals surface area contributed by atoms with Gasteiger partial charge in [0.2, 0.25) is 0 Å². The van der Waals surface area contributed by atoms with E-state index in [2.05, 4.69) is 23.3 Å². The van der Waals surface area contributed by atoms with Crippen molar-refractivity contribution in [2.45, 2.75) is 25.4 Å². The molecule has 0 bridgehead atoms. The summed E-state index contributed by atoms with van der Waals surface area (Å²) in [5.41, 5.74) is 1.08. The summed E-state index contributed by atoms with van der Waals surface area (Å²) in [5.74, 6) is 0.905. The average molecular weight is 328 g/mol. The number of nitrogens with one attached hydrogen (secondary N) is 1. The van der Waals surface area contributed by atoms with Crippen molar-refractivity contribution in [2.24, 2.45) is 0 Å². The van der Waals surface area contributed by atoms with E-state index in [4.69, 9.17) is 9.72 Å². The number of aromatic nitrogens is 1. The molecule has 0 saturated carbocycles. The third-order valence-electron chi connectivity index (χ3n) is 3.99. The molecule has 1 N–H and O–H groups in total. The van der Waals surface area contributed by atoms with E-state index in [0.717, 1.165) is 30.9 Å². The second kappa shape index (κ2) is 7.40. The summed E-state index contributed by atoms with van der Waals surface area (Å²) in [4.78, 5) is 7.23. The molecule has 0 spiro atoms. The normalized spacial score (nSPS) is 16.9. The van der Waals surface area contributed by atoms with Crippen LogP contribution in [0.1, 0.15) is 17.8 Å². The average Bonchev–Trinajstić information content (AvgIpc) is 2.89. The summed E-state index contributed by atoms with van der Waals surface area (Å²) in [6.07, 6.45) is 2.46. The zero-order valence-corrected chi connectivity index (χ0v) is 14.1. The van der Waals surface area contributed by atoms with Crippen LogP contribution < -0.4 is 10.1 Å². The number of hydrogen-bond donors (Lipinski definition) is 1. The first-order valence-corrected chi connectivity index (χ1v) is 7.93. The van der Waals surface area contributed by atoms with Crippen molar-refractivity contribution in [1.29, 1.82) is 0 Å². The van der Waals surface area contributed by atoms with Gasteiger partial charge in [-0.05, 0) is 38.1 Å². The van der Waals surface area contributed by atoms with Gasteiger partial charge in [-0.2, -0.15) is 0 Å². The Balaban J connectivity index is 0.00000161. The van der Waals surface area contributed by atoms with E-state index in [0.29, 0.717) is 6.04 Å². The van der Waals surface area contributed by atoms with E-state index in [1.165, 1.54) is 22.5 Å². The van der Waals surface area contributed by atoms with E-state index in [1.807, 2.05) is 12.1 Å². The Morgan fingerprint density at radius 3 is 2.81 bits per heavy atom. The Hall–Kier alpha value is -0.880. The second-order valence-corrected chi connectivity index (χ2v) is 6.40. The van der Waals surface area contributed by atoms with Crippen LogP contribution >= 0.6 is 23.7 Å². The van der Waals surface area contributed by atoms with Crippen LogP contribution in [0.3, 0.4) is 0 Å². The van der Waals surface area contributed by atoms with Gasteiger partial charge in [0, 0.05) is 19.1 Å². The lowest BCUT2D eigenvalue weighted by Crippen LogP contribution is -2.40. The molecule has 21 heavy (non-hydrogen) atoms. The van der Waals surface area contributed by atoms with Crippen molar-refractivity contribution >= 4 is 34.0 Å². The van der Waals surface area contributed by atoms with Crippen LogP contribution in [0.25, 0.3) is 10.2 Å². The fourth-order valence-electron chi connectivity index (χ4n) is 2.72. The fourth-order valence-corrected chi connectivity index (χ4v) is 3.76. The number of ether oxygens (including phenoxy) is 1. The smallest absolute Gasteiger partial charge is 0.120 e. The summed E-state index contributed by atoms with van der Waals surface area (Å²) in [7, 11) is 3.76. The highest BCUT2D eigenvalue weighted by atomic mass is 35.5. The Kier molecular flexibility index (Phi) is 5.81. The molecule has 0 aliphatic carbocycles. The number of piperidine rings is 1. The van der Waals surface area contributed by atoms with Gasteiger partial charge >= 0.3 is 0 Å². The minimum Gasteiger partial charge on any atom is -0.497 e. The highest BCUT2D eigenvalue weighted by molar-refractivity contribution is 7.18. The molecule has 1 fully saturated rings. The van der Waals surface area contributed by atoms with Gasteiger partial charge in [0.25, 0.3) is 0 Å². The van der Waals surface area contributed by atoms with Crippen LogP contribution in [-0.2, 0) is 6.54 Å². The first-order chi connectivity index (χ1) is 9.78. The van der Waals surface area contributed by atoms with Gasteiger partial charge < -0.3 is 10.1 Å². The maximum atomic E-state index is 5.27. The summed E-state index contributed by atoms with van der Waals surface area (Å²) >= 11 is 1.78. The first-order valence-electron chi connectivity index (χ1n) is 7.11. The van der Waals surface area contributed by atoms with Gasteiger partial charge in [0.05, 0.1) is 23.9 Å². The van der Waals surface area contributed by atoms with Gasteiger partial charge in [-0.3, -0.25) is 4.90 Å². The molecule has 116 valence electrons. The molecule has 1 aliphatic rings. The maximum Gasteiger partial charge on any atom is 0.120 e. The summed E-state index contributed by atoms with van der Waals surface area (Å²) in [6, 6.07) is 6.78. The standard InChI is InChI=1S/C15H21N3OS.ClH/c1-16-11-5-7-18(8-6-11)10-15-17-13-4-3-12(19-2)9-14(13)20-15;/h3-4,9,11,16H,5-8,10H2,1-2H3;1H. The van der Waals surface area contributed by atoms with E-state index in [9.17, 15) is 0 Å². The van der Waals surface area contributed by atoms with Gasteiger partial charge in [-0.15, -0.1) is 23.7 Å². The quantitative estimate of drug-likeness (QED) is 0.937. The van der Waals surface area contributed by atoms with Gasteiger partial charge in [-0.1, -0.05) is 0 Å². The molecule has 3 rings (SSSR count). The van der Waals surface area contributed by atoms with E-state index in [-0.39, 0.29) is 12.4 Å². The van der Waals surface area contributed by atoms with Crippen LogP contribution in [-0.4, -0.2) is 43.2 Å². The summed E-state index contributed by atoms with van der Waals surface area (Å²) in [5, 5.41) is 4.57. The van der Waals surface area contributed by atoms with Crippen LogP contribution in [0.4, 0.5) is 0 Å². The molecule has 1 aromatic heterocycles. The van der Waals surface area contributed by atoms with Crippen molar-refractivity contribution in [3.8, 4) is 5.75 Å². The molecule has 1 saturated heterocycles. The van der Waals surface area contributed by atoms with Crippen LogP contribution in [0, 0.1) is 0 Å². The minimum absolute atomic E-state index is 0. The molecule has 6 heteroatoms. The highest BCUT2D eigenvalue weighted by Crippen LogP contribution is 2.27. The zero-order chi connectivity index (χ0) is 13.9. The number of rotatable bonds is 4. The van der Waals surface area contributed by atoms with Crippen molar-refractivity contribution in [2.75, 3.05) is 27.2 Å². The molecule has 1 aromatic carbocycles. The lowest BCUT2D eigenvalue weighted by atomic mass is 10.1. The third-order valence-corrected chi connectivity index (χ3v) is 5.00. The minimum atomic E-state index is 0. The lowest BCUT2D eigenvalue weighted by molar-refractivity contribution is 0.194. The number of methoxy groups -OCH3 is 1. The lowest BCUT2D eigenvalue weighted by Gasteiger charge is -2.30. The number of halogens is 1. The van der Waals surface area contributed by atoms with E-state index < -0.39 is 0 Å². The molecule has 0 unspecified atom stereocenters. The number of benzene rings is 1. The largest absolute Gasteiger partial charge is 0.497 e. The molecule has 0 amide bonds. The molecule has 2 heterocycles. The molecule has 4 nitrogen and oxygen atoms in total. The Morgan fingerprint density at radius 2 is 2.14 bits per heavy atom. The number of nitrogens with zero attached hydrogens (tertiary/aromatic N) is 2. The molecule has 0 atom stereocenters. The van der Waals surface area contributed by atoms with E-state index >= 15 is 0 Å². The van der Waals surface area contributed by atoms with Crippen LogP contribution in [0.2, 0.25) is 0 Å². The van der Waals surface area contributed by atoms with Gasteiger partial charge in [0.15, 0.2) is 0 Å². The molecular weight excluding hydrogens is 306 g/mol. The number of fused-ring (bicyclic) bond motifs is 1. The van der Waals surface area contributed by atoms with E-state index in [1.54, 1.807) is 18.4 Å². The van der Waals surface area contributed by atoms with Gasteiger partial charge in [0.1, 0.15) is 10.8 Å². The Morgan fingerprint density at radius 1 is 1.38 bits per heavy atom. The van der Waals surface area contributed by atoms with Crippen molar-refractivity contribution in [3.63, 3.8) is 0 Å². The molecular formula is C15H22ClN3OS. The molecule has 2 aromatic rings. The Bertz CT molecular complexity index is 581. The summed E-state index contributed by atoms with van der Waals surface area (Å²) < 4.78 is 6.48. The number of likely N-dealkylation sites (tertiary alicyclic amines) is 1. The number of thiazole rings is 1. The number of hydrogen-bond acceptors (Lipinski definition) is 5. The summed E-state index contributed by atoms with van der Waals surface area (Å²) in [6.45, 7) is 3.29. The van der Waals surface area contributed by atoms with Crippen molar-refractivity contribution < 1.29 is 4.74 Å². The molecule has 1 aliphatic heterocycles. The SMILES string of the molecule is CNC1CCN(Cc2nc3ccc(OC)cc3s2)CC1.Cl. The molecule has 0 radical (unpaired) electrons. The predicted octanol–water partition coefficient (Wildman–Crippen LogP) is 2.91. The maximum absolute atomic E-state index is 5.27. The third kappa shape index (κ3) is 3.86. The first kappa shape index (κ1) is 16.5. The monoisotopic (exact) mass is 327 g/mol. The topological polar surface area (TPSA) is 37.4 Å². The Labute approximate surface area is 135 Å². The van der Waals surface area contributed by atoms with Crippen LogP contribution in [0.15, 0.2) is 18.2 Å². The second-order valence-electron chi connectivity index (χ2n) is 5.28. The van der Waals surface area contributed by atoms with Gasteiger partial charge in [-0.25, -0.2) is 4.98 Å². The van der Waals surface area contributed by atoms with Crippen molar-refractivity contribution in [1.82, 2.24) is 15.2 Å². The van der Waals surface area contributed by atoms with Crippen LogP contribution in [0.5, 0.6) is 5.75 Å².